The molecule has 170 valence electrons. The third-order valence-corrected chi connectivity index (χ3v) is 5.75. The molecule has 4 N–H and O–H groups in total. The van der Waals surface area contributed by atoms with Crippen molar-refractivity contribution in [2.45, 2.75) is 45.1 Å². The molecule has 0 spiro atoms. The summed E-state index contributed by atoms with van der Waals surface area (Å²) in [5, 5.41) is 9.76. The highest BCUT2D eigenvalue weighted by Crippen LogP contribution is 2.26. The van der Waals surface area contributed by atoms with Gasteiger partial charge in [-0.25, -0.2) is 4.39 Å². The van der Waals surface area contributed by atoms with E-state index in [1.165, 1.54) is 45.3 Å². The van der Waals surface area contributed by atoms with E-state index in [2.05, 4.69) is 35.9 Å². The molecular weight excluding hydrogens is 409 g/mol. The number of nitrogens with zero attached hydrogens (tertiary/aromatic N) is 3. The molecule has 0 radical (unpaired) electrons. The lowest BCUT2D eigenvalue weighted by Crippen LogP contribution is -2.19. The number of methoxy groups -OCH3 is 1. The Balaban J connectivity index is 1.53. The van der Waals surface area contributed by atoms with E-state index in [4.69, 9.17) is 4.74 Å². The molecule has 9 heteroatoms. The first-order valence-corrected chi connectivity index (χ1v) is 11.1. The Labute approximate surface area is 187 Å². The lowest BCUT2D eigenvalue weighted by Gasteiger charge is -2.22. The summed E-state index contributed by atoms with van der Waals surface area (Å²) in [6.07, 6.45) is 8.20. The third-order valence-electron chi connectivity index (χ3n) is 5.75. The third kappa shape index (κ3) is 5.66. The number of hydrogen-bond donors (Lipinski definition) is 4. The number of nitrogens with one attached hydrogen (secondary N) is 4. The molecule has 1 fully saturated rings. The minimum Gasteiger partial charge on any atom is -0.494 e. The van der Waals surface area contributed by atoms with Gasteiger partial charge in [-0.15, -0.1) is 0 Å². The van der Waals surface area contributed by atoms with Crippen LogP contribution in [-0.2, 0) is 0 Å². The van der Waals surface area contributed by atoms with E-state index >= 15 is 0 Å². The Morgan fingerprint density at radius 2 is 1.88 bits per heavy atom. The Hall–Kier alpha value is -3.36. The first-order chi connectivity index (χ1) is 15.6. The normalized spacial score (nSPS) is 15.2. The second kappa shape index (κ2) is 10.3. The van der Waals surface area contributed by atoms with Gasteiger partial charge in [0.2, 0.25) is 17.8 Å². The minimum absolute atomic E-state index is 0.0233. The predicted octanol–water partition coefficient (Wildman–Crippen LogP) is 5.26. The molecule has 0 bridgehead atoms. The second-order valence-electron chi connectivity index (χ2n) is 8.16. The average molecular weight is 440 g/mol. The Morgan fingerprint density at radius 3 is 2.59 bits per heavy atom. The van der Waals surface area contributed by atoms with Crippen molar-refractivity contribution in [3.05, 3.63) is 48.0 Å². The highest BCUT2D eigenvalue weighted by Gasteiger charge is 2.16. The monoisotopic (exact) mass is 439 g/mol. The fourth-order valence-corrected chi connectivity index (χ4v) is 3.96. The summed E-state index contributed by atoms with van der Waals surface area (Å²) >= 11 is 0. The van der Waals surface area contributed by atoms with Crippen LogP contribution in [0.15, 0.2) is 36.5 Å². The van der Waals surface area contributed by atoms with E-state index in [0.717, 1.165) is 12.2 Å². The van der Waals surface area contributed by atoms with E-state index in [1.807, 2.05) is 25.3 Å². The number of anilines is 4. The van der Waals surface area contributed by atoms with Crippen LogP contribution < -0.4 is 20.7 Å². The molecule has 0 aliphatic heterocycles. The van der Waals surface area contributed by atoms with Crippen LogP contribution in [-0.4, -0.2) is 33.6 Å². The molecule has 0 amide bonds. The second-order valence-corrected chi connectivity index (χ2v) is 8.16. The van der Waals surface area contributed by atoms with E-state index in [1.54, 1.807) is 12.1 Å². The van der Waals surface area contributed by atoms with Crippen molar-refractivity contribution in [1.29, 1.82) is 0 Å². The highest BCUT2D eigenvalue weighted by molar-refractivity contribution is 5.57. The largest absolute Gasteiger partial charge is 0.494 e. The van der Waals surface area contributed by atoms with Crippen LogP contribution in [0.1, 0.15) is 50.8 Å². The Bertz CT molecular complexity index is 1010. The minimum atomic E-state index is -0.457. The lowest BCUT2D eigenvalue weighted by atomic mass is 9.89. The predicted molar refractivity (Wildman–Crippen MR) is 124 cm³/mol. The number of H-pyrrole nitrogens is 1. The molecule has 4 rings (SSSR count). The molecule has 1 unspecified atom stereocenters. The van der Waals surface area contributed by atoms with Crippen LogP contribution in [0.5, 0.6) is 5.75 Å². The van der Waals surface area contributed by atoms with Crippen LogP contribution >= 0.6 is 0 Å². The van der Waals surface area contributed by atoms with Gasteiger partial charge in [0, 0.05) is 30.2 Å². The van der Waals surface area contributed by atoms with Gasteiger partial charge in [-0.1, -0.05) is 19.3 Å². The highest BCUT2D eigenvalue weighted by atomic mass is 19.1. The molecule has 1 atom stereocenters. The molecule has 1 aliphatic rings. The number of halogens is 1. The number of benzene rings is 1. The summed E-state index contributed by atoms with van der Waals surface area (Å²) in [5.41, 5.74) is 1.55. The number of hydrogen-bond acceptors (Lipinski definition) is 7. The summed E-state index contributed by atoms with van der Waals surface area (Å²) in [7, 11) is 1.44. The fraction of sp³-hybridized carbons (Fsp3) is 0.435. The van der Waals surface area contributed by atoms with Gasteiger partial charge in [-0.2, -0.15) is 15.0 Å². The van der Waals surface area contributed by atoms with E-state index < -0.39 is 5.82 Å². The van der Waals surface area contributed by atoms with Crippen molar-refractivity contribution < 1.29 is 9.13 Å². The van der Waals surface area contributed by atoms with Gasteiger partial charge in [0.1, 0.15) is 0 Å². The van der Waals surface area contributed by atoms with Gasteiger partial charge >= 0.3 is 0 Å². The fourth-order valence-electron chi connectivity index (χ4n) is 3.96. The van der Waals surface area contributed by atoms with Gasteiger partial charge in [-0.05, 0) is 49.9 Å². The lowest BCUT2D eigenvalue weighted by molar-refractivity contribution is 0.373. The summed E-state index contributed by atoms with van der Waals surface area (Å²) in [6.45, 7) is 2.85. The zero-order chi connectivity index (χ0) is 22.3. The molecule has 2 aromatic heterocycles. The van der Waals surface area contributed by atoms with Crippen LogP contribution in [0.3, 0.4) is 0 Å². The first kappa shape index (κ1) is 21.9. The van der Waals surface area contributed by atoms with Gasteiger partial charge in [-0.3, -0.25) is 0 Å². The first-order valence-electron chi connectivity index (χ1n) is 11.1. The van der Waals surface area contributed by atoms with Crippen LogP contribution in [0.25, 0.3) is 0 Å². The van der Waals surface area contributed by atoms with Crippen molar-refractivity contribution in [2.75, 3.05) is 29.6 Å². The molecule has 1 aromatic carbocycles. The van der Waals surface area contributed by atoms with Gasteiger partial charge in [0.05, 0.1) is 13.2 Å². The quantitative estimate of drug-likeness (QED) is 0.361. The maximum Gasteiger partial charge on any atom is 0.233 e. The van der Waals surface area contributed by atoms with Crippen molar-refractivity contribution in [1.82, 2.24) is 19.9 Å². The molecule has 1 aliphatic carbocycles. The van der Waals surface area contributed by atoms with Crippen molar-refractivity contribution in [3.63, 3.8) is 0 Å². The number of ether oxygens (including phenoxy) is 1. The Kier molecular flexibility index (Phi) is 7.03. The summed E-state index contributed by atoms with van der Waals surface area (Å²) in [6, 6.07) is 8.56. The van der Waals surface area contributed by atoms with Crippen LogP contribution in [0.4, 0.5) is 27.9 Å². The maximum absolute atomic E-state index is 14.1. The summed E-state index contributed by atoms with van der Waals surface area (Å²) in [5.74, 6) is 1.61. The zero-order valence-corrected chi connectivity index (χ0v) is 18.5. The van der Waals surface area contributed by atoms with E-state index in [9.17, 15) is 4.39 Å². The number of rotatable bonds is 9. The summed E-state index contributed by atoms with van der Waals surface area (Å²) in [4.78, 5) is 16.8. The smallest absolute Gasteiger partial charge is 0.233 e. The molecule has 8 nitrogen and oxygen atoms in total. The molecule has 0 saturated heterocycles. The van der Waals surface area contributed by atoms with E-state index in [0.29, 0.717) is 29.5 Å². The molecule has 32 heavy (non-hydrogen) atoms. The van der Waals surface area contributed by atoms with E-state index in [-0.39, 0.29) is 11.8 Å². The van der Waals surface area contributed by atoms with Gasteiger partial charge < -0.3 is 25.7 Å². The van der Waals surface area contributed by atoms with Gasteiger partial charge in [0.25, 0.3) is 0 Å². The SMILES string of the molecule is COc1ccc(Nc2nc(NCC3CCCCC3)nc(NC(C)c3ccc[nH]3)n2)cc1F. The van der Waals surface area contributed by atoms with Crippen LogP contribution in [0, 0.1) is 11.7 Å². The Morgan fingerprint density at radius 1 is 1.09 bits per heavy atom. The average Bonchev–Trinajstić information content (AvgIpc) is 3.34. The molecular formula is C23H30FN7O. The standard InChI is InChI=1S/C23H30FN7O/c1-15(19-9-6-12-25-19)27-22-29-21(26-14-16-7-4-3-5-8-16)30-23(31-22)28-17-10-11-20(32-2)18(24)13-17/h6,9-13,15-16,25H,3-5,7-8,14H2,1-2H3,(H3,26,27,28,29,30,31). The van der Waals surface area contributed by atoms with Crippen molar-refractivity contribution in [3.8, 4) is 5.75 Å². The number of aromatic nitrogens is 4. The van der Waals surface area contributed by atoms with Crippen LogP contribution in [0.2, 0.25) is 0 Å². The maximum atomic E-state index is 14.1. The molecule has 2 heterocycles. The zero-order valence-electron chi connectivity index (χ0n) is 18.5. The molecule has 3 aromatic rings. The number of aromatic amines is 1. The van der Waals surface area contributed by atoms with Crippen molar-refractivity contribution in [2.24, 2.45) is 5.92 Å². The van der Waals surface area contributed by atoms with Gasteiger partial charge in [0.15, 0.2) is 11.6 Å². The van der Waals surface area contributed by atoms with Crippen molar-refractivity contribution >= 4 is 23.5 Å². The molecule has 1 saturated carbocycles. The topological polar surface area (TPSA) is 99.8 Å². The summed E-state index contributed by atoms with van der Waals surface area (Å²) < 4.78 is 19.1.